The van der Waals surface area contributed by atoms with Crippen molar-refractivity contribution >= 4 is 16.8 Å². The third kappa shape index (κ3) is 2.03. The lowest BCUT2D eigenvalue weighted by Crippen LogP contribution is -2.01. The highest BCUT2D eigenvalue weighted by Crippen LogP contribution is 2.35. The molecular weight excluding hydrogens is 248 g/mol. The summed E-state index contributed by atoms with van der Waals surface area (Å²) in [6.45, 7) is 3.66. The van der Waals surface area contributed by atoms with Crippen LogP contribution in [-0.2, 0) is 0 Å². The van der Waals surface area contributed by atoms with Gasteiger partial charge in [0.05, 0.1) is 0 Å². The Morgan fingerprint density at radius 2 is 1.65 bits per heavy atom. The fourth-order valence-corrected chi connectivity index (χ4v) is 2.67. The Bertz CT molecular complexity index is 753. The second-order valence-corrected chi connectivity index (χ2v) is 5.03. The van der Waals surface area contributed by atoms with Crippen LogP contribution in [0.4, 0.5) is 0 Å². The molecule has 0 amide bonds. The molecular formula is C18H16O2. The first-order valence-corrected chi connectivity index (χ1v) is 6.76. The number of carbonyl (C=O) groups is 1. The second kappa shape index (κ2) is 4.97. The zero-order valence-corrected chi connectivity index (χ0v) is 11.6. The molecule has 0 N–H and O–H groups in total. The molecule has 1 aromatic heterocycles. The van der Waals surface area contributed by atoms with Crippen molar-refractivity contribution in [2.24, 2.45) is 0 Å². The van der Waals surface area contributed by atoms with Crippen molar-refractivity contribution in [3.63, 3.8) is 0 Å². The number of ketones is 1. The first-order chi connectivity index (χ1) is 9.68. The molecule has 2 nitrogen and oxygen atoms in total. The molecule has 0 bridgehead atoms. The van der Waals surface area contributed by atoms with Crippen molar-refractivity contribution in [3.05, 3.63) is 71.5 Å². The van der Waals surface area contributed by atoms with Gasteiger partial charge in [-0.1, -0.05) is 55.5 Å². The highest BCUT2D eigenvalue weighted by Gasteiger charge is 2.22. The summed E-state index contributed by atoms with van der Waals surface area (Å²) >= 11 is 0. The van der Waals surface area contributed by atoms with E-state index in [4.69, 9.17) is 4.42 Å². The molecule has 2 heteroatoms. The lowest BCUT2D eigenvalue weighted by atomic mass is 9.90. The number of rotatable bonds is 3. The maximum absolute atomic E-state index is 11.9. The first kappa shape index (κ1) is 12.7. The van der Waals surface area contributed by atoms with Gasteiger partial charge in [-0.05, 0) is 11.6 Å². The van der Waals surface area contributed by atoms with E-state index in [2.05, 4.69) is 19.1 Å². The van der Waals surface area contributed by atoms with E-state index in [1.165, 1.54) is 5.56 Å². The molecule has 0 aliphatic rings. The van der Waals surface area contributed by atoms with Gasteiger partial charge in [0.25, 0.3) is 0 Å². The molecule has 100 valence electrons. The minimum Gasteiger partial charge on any atom is -0.453 e. The summed E-state index contributed by atoms with van der Waals surface area (Å²) in [5.74, 6) is 0.570. The number of fused-ring (bicyclic) bond motifs is 1. The van der Waals surface area contributed by atoms with Crippen LogP contribution in [-0.4, -0.2) is 5.78 Å². The van der Waals surface area contributed by atoms with Gasteiger partial charge in [-0.2, -0.15) is 0 Å². The molecule has 20 heavy (non-hydrogen) atoms. The number of carbonyl (C=O) groups excluding carboxylic acids is 1. The monoisotopic (exact) mass is 264 g/mol. The molecule has 3 aromatic rings. The third-order valence-corrected chi connectivity index (χ3v) is 3.69. The van der Waals surface area contributed by atoms with Crippen LogP contribution < -0.4 is 0 Å². The molecule has 0 aliphatic heterocycles. The predicted octanol–water partition coefficient (Wildman–Crippen LogP) is 4.79. The maximum atomic E-state index is 11.9. The summed E-state index contributed by atoms with van der Waals surface area (Å²) < 4.78 is 5.75. The quantitative estimate of drug-likeness (QED) is 0.637. The Labute approximate surface area is 118 Å². The molecule has 1 unspecified atom stereocenters. The minimum absolute atomic E-state index is 0.0287. The van der Waals surface area contributed by atoms with Gasteiger partial charge < -0.3 is 4.42 Å². The van der Waals surface area contributed by atoms with Gasteiger partial charge in [-0.25, -0.2) is 0 Å². The van der Waals surface area contributed by atoms with E-state index in [-0.39, 0.29) is 11.7 Å². The Morgan fingerprint density at radius 1 is 1.00 bits per heavy atom. The molecule has 0 fully saturated rings. The molecule has 3 rings (SSSR count). The van der Waals surface area contributed by atoms with Crippen LogP contribution in [0.15, 0.2) is 59.0 Å². The summed E-state index contributed by atoms with van der Waals surface area (Å²) in [7, 11) is 0. The van der Waals surface area contributed by atoms with Gasteiger partial charge in [-0.15, -0.1) is 0 Å². The Balaban J connectivity index is 2.24. The highest BCUT2D eigenvalue weighted by molar-refractivity contribution is 5.99. The Morgan fingerprint density at radius 3 is 2.35 bits per heavy atom. The fraction of sp³-hybridized carbons (Fsp3) is 0.167. The third-order valence-electron chi connectivity index (χ3n) is 3.69. The Kier molecular flexibility index (Phi) is 3.15. The van der Waals surface area contributed by atoms with Gasteiger partial charge in [-0.3, -0.25) is 4.79 Å². The second-order valence-electron chi connectivity index (χ2n) is 5.03. The van der Waals surface area contributed by atoms with Crippen molar-refractivity contribution in [2.75, 3.05) is 0 Å². The zero-order chi connectivity index (χ0) is 14.1. The van der Waals surface area contributed by atoms with Crippen molar-refractivity contribution in [3.8, 4) is 0 Å². The molecule has 0 saturated heterocycles. The minimum atomic E-state index is -0.0287. The summed E-state index contributed by atoms with van der Waals surface area (Å²) in [6.07, 6.45) is 0. The number of hydrogen-bond acceptors (Lipinski definition) is 2. The normalized spacial score (nSPS) is 12.5. The smallest absolute Gasteiger partial charge is 0.195 e. The summed E-state index contributed by atoms with van der Waals surface area (Å²) in [5, 5.41) is 1.02. The van der Waals surface area contributed by atoms with E-state index in [1.54, 1.807) is 6.92 Å². The largest absolute Gasteiger partial charge is 0.453 e. The first-order valence-electron chi connectivity index (χ1n) is 6.76. The lowest BCUT2D eigenvalue weighted by molar-refractivity contribution is 0.0988. The fourth-order valence-electron chi connectivity index (χ4n) is 2.67. The van der Waals surface area contributed by atoms with E-state index >= 15 is 0 Å². The number of para-hydroxylation sites is 1. The summed E-state index contributed by atoms with van der Waals surface area (Å²) in [6, 6.07) is 18.0. The van der Waals surface area contributed by atoms with Crippen LogP contribution in [0.25, 0.3) is 11.0 Å². The van der Waals surface area contributed by atoms with Gasteiger partial charge in [0.1, 0.15) is 5.58 Å². The zero-order valence-electron chi connectivity index (χ0n) is 11.6. The number of hydrogen-bond donors (Lipinski definition) is 0. The predicted molar refractivity (Wildman–Crippen MR) is 80.2 cm³/mol. The molecule has 1 heterocycles. The van der Waals surface area contributed by atoms with Gasteiger partial charge in [0, 0.05) is 23.8 Å². The van der Waals surface area contributed by atoms with Crippen molar-refractivity contribution < 1.29 is 9.21 Å². The van der Waals surface area contributed by atoms with Crippen LogP contribution >= 0.6 is 0 Å². The SMILES string of the molecule is CC(=O)c1oc2ccccc2c1C(C)c1ccccc1. The van der Waals surface area contributed by atoms with E-state index in [1.807, 2.05) is 42.5 Å². The lowest BCUT2D eigenvalue weighted by Gasteiger charge is -2.12. The van der Waals surface area contributed by atoms with Crippen LogP contribution in [0.3, 0.4) is 0 Å². The molecule has 1 atom stereocenters. The maximum Gasteiger partial charge on any atom is 0.195 e. The van der Waals surface area contributed by atoms with Crippen LogP contribution in [0.5, 0.6) is 0 Å². The van der Waals surface area contributed by atoms with Crippen LogP contribution in [0.2, 0.25) is 0 Å². The number of furan rings is 1. The topological polar surface area (TPSA) is 30.2 Å². The molecule has 0 radical (unpaired) electrons. The summed E-state index contributed by atoms with van der Waals surface area (Å²) in [5.41, 5.74) is 2.94. The molecule has 0 aliphatic carbocycles. The highest BCUT2D eigenvalue weighted by atomic mass is 16.3. The number of Topliss-reactive ketones (excluding diaryl/α,β-unsaturated/α-hetero) is 1. The average Bonchev–Trinajstić information content (AvgIpc) is 2.87. The molecule has 0 saturated carbocycles. The van der Waals surface area contributed by atoms with E-state index < -0.39 is 0 Å². The average molecular weight is 264 g/mol. The van der Waals surface area contributed by atoms with Crippen molar-refractivity contribution in [2.45, 2.75) is 19.8 Å². The number of benzene rings is 2. The van der Waals surface area contributed by atoms with Gasteiger partial charge in [0.15, 0.2) is 11.5 Å². The molecule has 0 spiro atoms. The van der Waals surface area contributed by atoms with Crippen molar-refractivity contribution in [1.82, 2.24) is 0 Å². The van der Waals surface area contributed by atoms with E-state index in [0.717, 1.165) is 16.5 Å². The van der Waals surface area contributed by atoms with Gasteiger partial charge >= 0.3 is 0 Å². The van der Waals surface area contributed by atoms with Gasteiger partial charge in [0.2, 0.25) is 0 Å². The molecule has 2 aromatic carbocycles. The Hall–Kier alpha value is -2.35. The van der Waals surface area contributed by atoms with E-state index in [9.17, 15) is 4.79 Å². The standard InChI is InChI=1S/C18H16O2/c1-12(14-8-4-3-5-9-14)17-15-10-6-7-11-16(15)20-18(17)13(2)19/h3-12H,1-2H3. The van der Waals surface area contributed by atoms with E-state index in [0.29, 0.717) is 5.76 Å². The van der Waals surface area contributed by atoms with Crippen molar-refractivity contribution in [1.29, 1.82) is 0 Å². The van der Waals surface area contributed by atoms with Crippen LogP contribution in [0, 0.1) is 0 Å². The summed E-state index contributed by atoms with van der Waals surface area (Å²) in [4.78, 5) is 11.9. The van der Waals surface area contributed by atoms with Crippen LogP contribution in [0.1, 0.15) is 41.4 Å².